The van der Waals surface area contributed by atoms with Crippen molar-refractivity contribution in [2.24, 2.45) is 20.0 Å². The average Bonchev–Trinajstić information content (AvgIpc) is 3.45. The summed E-state index contributed by atoms with van der Waals surface area (Å²) in [7, 11) is -7.33. The molecule has 0 aliphatic carbocycles. The SMILES string of the molecule is CS(=O)(=O)O.CS(=O)(=O)O.[2H]C1=CC2=CC3=NC(=CC4=NC(=CC5=NC(=CC1=N2)C=C5)C=C4)C=C3. The van der Waals surface area contributed by atoms with E-state index in [-0.39, 0.29) is 0 Å². The Bertz CT molecular complexity index is 1500. The average molecular weight is 502 g/mol. The maximum atomic E-state index is 9.19. The maximum Gasteiger partial charge on any atom is 0.261 e. The molecule has 5 aliphatic rings. The molecule has 0 saturated carbocycles. The van der Waals surface area contributed by atoms with Crippen molar-refractivity contribution in [3.8, 4) is 0 Å². The summed E-state index contributed by atoms with van der Waals surface area (Å²) in [5.41, 5.74) is 6.33. The highest BCUT2D eigenvalue weighted by molar-refractivity contribution is 7.85. The quantitative estimate of drug-likeness (QED) is 0.486. The predicted octanol–water partition coefficient (Wildman–Crippen LogP) is 2.59. The zero-order valence-corrected chi connectivity index (χ0v) is 19.6. The third-order valence-electron chi connectivity index (χ3n) is 3.84. The van der Waals surface area contributed by atoms with Crippen LogP contribution in [-0.4, -0.2) is 61.3 Å². The maximum absolute atomic E-state index is 9.19. The molecule has 0 atom stereocenters. The molecule has 176 valence electrons. The van der Waals surface area contributed by atoms with Crippen LogP contribution in [0.4, 0.5) is 0 Å². The number of nitrogens with zero attached hydrogens (tertiary/aromatic N) is 4. The molecule has 8 bridgehead atoms. The van der Waals surface area contributed by atoms with Crippen LogP contribution in [0.3, 0.4) is 0 Å². The van der Waals surface area contributed by atoms with Gasteiger partial charge in [0.1, 0.15) is 0 Å². The zero-order valence-electron chi connectivity index (χ0n) is 19.0. The Hall–Kier alpha value is -3.58. The molecule has 5 rings (SSSR count). The highest BCUT2D eigenvalue weighted by atomic mass is 32.2. The molecule has 0 saturated heterocycles. The van der Waals surface area contributed by atoms with Crippen LogP contribution in [-0.2, 0) is 20.2 Å². The molecule has 0 fully saturated rings. The minimum absolute atomic E-state index is 0.379. The second kappa shape index (κ2) is 10.1. The van der Waals surface area contributed by atoms with Crippen LogP contribution in [0.5, 0.6) is 0 Å². The Balaban J connectivity index is 0.000000293. The summed E-state index contributed by atoms with van der Waals surface area (Å²) in [5, 5.41) is 0. The van der Waals surface area contributed by atoms with E-state index in [0.717, 1.165) is 39.9 Å². The Morgan fingerprint density at radius 2 is 0.824 bits per heavy atom. The standard InChI is InChI=1S/C20H12N4.2CH4O3S/c1-2-14-10-16-5-6-18(23-16)12-20-8-7-19(24-20)11-17-4-3-15(22-17)9-13(1)21-14;2*1-5(2,3)4/h1-12H;2*1H3,(H,2,3,4)/i1D;;. The van der Waals surface area contributed by atoms with Crippen molar-refractivity contribution in [1.29, 1.82) is 0 Å². The lowest BCUT2D eigenvalue weighted by atomic mass is 10.2. The van der Waals surface area contributed by atoms with Crippen LogP contribution in [0, 0.1) is 0 Å². The Labute approximate surface area is 198 Å². The Morgan fingerprint density at radius 1 is 0.559 bits per heavy atom. The largest absolute Gasteiger partial charge is 0.286 e. The summed E-state index contributed by atoms with van der Waals surface area (Å²) in [4.78, 5) is 18.2. The van der Waals surface area contributed by atoms with Gasteiger partial charge in [-0.3, -0.25) is 9.11 Å². The second-order valence-electron chi connectivity index (χ2n) is 7.14. The van der Waals surface area contributed by atoms with Crippen molar-refractivity contribution >= 4 is 43.1 Å². The normalized spacial score (nSPS) is 20.1. The molecule has 12 heteroatoms. The summed E-state index contributed by atoms with van der Waals surface area (Å²) in [6.07, 6.45) is 22.4. The highest BCUT2D eigenvalue weighted by Crippen LogP contribution is 2.20. The first-order chi connectivity index (χ1) is 16.2. The topological polar surface area (TPSA) is 158 Å². The van der Waals surface area contributed by atoms with Gasteiger partial charge >= 0.3 is 0 Å². The summed E-state index contributed by atoms with van der Waals surface area (Å²) >= 11 is 0. The van der Waals surface area contributed by atoms with Crippen molar-refractivity contribution in [3.63, 3.8) is 0 Å². The summed E-state index contributed by atoms with van der Waals surface area (Å²) in [6, 6.07) is 0.379. The van der Waals surface area contributed by atoms with Gasteiger partial charge in [0.25, 0.3) is 20.2 Å². The van der Waals surface area contributed by atoms with E-state index in [1.807, 2.05) is 60.8 Å². The first-order valence-corrected chi connectivity index (χ1v) is 13.2. The number of allylic oxidation sites excluding steroid dienone is 12. The fourth-order valence-corrected chi connectivity index (χ4v) is 2.76. The van der Waals surface area contributed by atoms with Crippen molar-refractivity contribution in [3.05, 3.63) is 95.7 Å². The predicted molar refractivity (Wildman–Crippen MR) is 134 cm³/mol. The fourth-order valence-electron chi connectivity index (χ4n) is 2.76. The molecular weight excluding hydrogens is 480 g/mol. The van der Waals surface area contributed by atoms with E-state index in [1.165, 1.54) is 0 Å². The summed E-state index contributed by atoms with van der Waals surface area (Å²) in [5.74, 6) is 0. The monoisotopic (exact) mass is 501 g/mol. The van der Waals surface area contributed by atoms with Gasteiger partial charge in [-0.15, -0.1) is 0 Å². The first-order valence-electron chi connectivity index (χ1n) is 10.0. The van der Waals surface area contributed by atoms with Gasteiger partial charge in [0.05, 0.1) is 59.5 Å². The molecule has 34 heavy (non-hydrogen) atoms. The first kappa shape index (κ1) is 23.6. The molecule has 2 N–H and O–H groups in total. The fraction of sp³-hybridized carbons (Fsp3) is 0.0909. The van der Waals surface area contributed by atoms with E-state index in [0.29, 0.717) is 24.3 Å². The molecule has 0 aromatic rings. The highest BCUT2D eigenvalue weighted by Gasteiger charge is 2.11. The molecule has 10 nitrogen and oxygen atoms in total. The molecule has 0 aromatic carbocycles. The van der Waals surface area contributed by atoms with Gasteiger partial charge in [-0.1, -0.05) is 0 Å². The Kier molecular flexibility index (Phi) is 7.03. The minimum atomic E-state index is -3.67. The van der Waals surface area contributed by atoms with Crippen molar-refractivity contribution in [2.45, 2.75) is 0 Å². The smallest absolute Gasteiger partial charge is 0.261 e. The van der Waals surface area contributed by atoms with Gasteiger partial charge < -0.3 is 0 Å². The summed E-state index contributed by atoms with van der Waals surface area (Å²) in [6.45, 7) is 0. The minimum Gasteiger partial charge on any atom is -0.286 e. The van der Waals surface area contributed by atoms with Crippen molar-refractivity contribution in [2.75, 3.05) is 12.5 Å². The third-order valence-corrected chi connectivity index (χ3v) is 3.84. The van der Waals surface area contributed by atoms with Gasteiger partial charge in [-0.25, -0.2) is 20.0 Å². The summed E-state index contributed by atoms with van der Waals surface area (Å²) < 4.78 is 59.8. The number of hydrogen-bond donors (Lipinski definition) is 2. The van der Waals surface area contributed by atoms with E-state index in [1.54, 1.807) is 6.08 Å². The molecule has 0 aromatic heterocycles. The van der Waals surface area contributed by atoms with Crippen molar-refractivity contribution in [1.82, 2.24) is 0 Å². The van der Waals surface area contributed by atoms with Gasteiger partial charge in [0.2, 0.25) is 0 Å². The van der Waals surface area contributed by atoms with Crippen LogP contribution in [0.2, 0.25) is 0 Å². The van der Waals surface area contributed by atoms with Crippen LogP contribution < -0.4 is 0 Å². The Morgan fingerprint density at radius 3 is 1.18 bits per heavy atom. The number of fused-ring (bicyclic) bond motifs is 4. The molecule has 0 amide bonds. The van der Waals surface area contributed by atoms with E-state index in [2.05, 4.69) is 20.0 Å². The van der Waals surface area contributed by atoms with Crippen LogP contribution in [0.1, 0.15) is 1.37 Å². The van der Waals surface area contributed by atoms with Crippen LogP contribution in [0.15, 0.2) is 116 Å². The molecule has 0 spiro atoms. The molecule has 5 aliphatic heterocycles. The van der Waals surface area contributed by atoms with Gasteiger partial charge in [0.15, 0.2) is 0 Å². The lowest BCUT2D eigenvalue weighted by molar-refractivity contribution is 0.488. The molecule has 0 unspecified atom stereocenters. The zero-order chi connectivity index (χ0) is 25.8. The molecule has 5 heterocycles. The van der Waals surface area contributed by atoms with Crippen molar-refractivity contribution < 1.29 is 27.3 Å². The number of aliphatic imine (C=N–C) groups is 4. The number of hydrogen-bond acceptors (Lipinski definition) is 8. The van der Waals surface area contributed by atoms with Gasteiger partial charge in [0, 0.05) is 0 Å². The lowest BCUT2D eigenvalue weighted by Crippen LogP contribution is -1.89. The van der Waals surface area contributed by atoms with E-state index >= 15 is 0 Å². The van der Waals surface area contributed by atoms with E-state index in [9.17, 15) is 16.8 Å². The van der Waals surface area contributed by atoms with Crippen LogP contribution >= 0.6 is 0 Å². The van der Waals surface area contributed by atoms with Crippen LogP contribution in [0.25, 0.3) is 0 Å². The van der Waals surface area contributed by atoms with Gasteiger partial charge in [-0.05, 0) is 72.9 Å². The molecular formula is C22H20N4O6S2. The van der Waals surface area contributed by atoms with Gasteiger partial charge in [-0.2, -0.15) is 16.8 Å². The second-order valence-corrected chi connectivity index (χ2v) is 10.1. The lowest BCUT2D eigenvalue weighted by Gasteiger charge is -1.94. The van der Waals surface area contributed by atoms with E-state index in [4.69, 9.17) is 10.5 Å². The number of rotatable bonds is 0. The van der Waals surface area contributed by atoms with E-state index < -0.39 is 20.2 Å². The molecule has 0 radical (unpaired) electrons. The third kappa shape index (κ3) is 9.11.